The Bertz CT molecular complexity index is 513. The first kappa shape index (κ1) is 13.1. The number of fused-ring (bicyclic) bond motifs is 1. The highest BCUT2D eigenvalue weighted by Crippen LogP contribution is 2.17. The maximum atomic E-state index is 6.20. The highest BCUT2D eigenvalue weighted by Gasteiger charge is 2.13. The molecular formula is C15H23N3. The second-order valence-electron chi connectivity index (χ2n) is 5.35. The van der Waals surface area contributed by atoms with Crippen LogP contribution in [0.5, 0.6) is 0 Å². The largest absolute Gasteiger partial charge is 0.328 e. The Kier molecular flexibility index (Phi) is 4.02. The number of aryl methyl sites for hydroxylation is 1. The molecule has 0 bridgehead atoms. The lowest BCUT2D eigenvalue weighted by molar-refractivity contribution is 0.481. The van der Waals surface area contributed by atoms with Gasteiger partial charge in [0.25, 0.3) is 0 Å². The van der Waals surface area contributed by atoms with Crippen molar-refractivity contribution >= 4 is 11.0 Å². The number of rotatable bonds is 5. The van der Waals surface area contributed by atoms with Crippen molar-refractivity contribution in [2.24, 2.45) is 11.7 Å². The maximum absolute atomic E-state index is 6.20. The molecule has 2 aromatic rings. The molecule has 3 nitrogen and oxygen atoms in total. The number of aromatic nitrogens is 2. The molecule has 0 spiro atoms. The maximum Gasteiger partial charge on any atom is 0.111 e. The minimum atomic E-state index is 0.201. The van der Waals surface area contributed by atoms with Gasteiger partial charge in [0.1, 0.15) is 5.82 Å². The van der Waals surface area contributed by atoms with Crippen LogP contribution in [-0.4, -0.2) is 15.6 Å². The molecule has 1 unspecified atom stereocenters. The Hall–Kier alpha value is -1.35. The zero-order valence-corrected chi connectivity index (χ0v) is 11.6. The second kappa shape index (κ2) is 5.53. The number of nitrogens with zero attached hydrogens (tertiary/aromatic N) is 2. The number of imidazole rings is 1. The third-order valence-electron chi connectivity index (χ3n) is 3.27. The molecule has 0 radical (unpaired) electrons. The van der Waals surface area contributed by atoms with E-state index in [0.717, 1.165) is 30.7 Å². The molecule has 1 atom stereocenters. The van der Waals surface area contributed by atoms with Crippen LogP contribution in [0, 0.1) is 5.92 Å². The molecule has 2 rings (SSSR count). The average molecular weight is 245 g/mol. The Morgan fingerprint density at radius 1 is 1.28 bits per heavy atom. The summed E-state index contributed by atoms with van der Waals surface area (Å²) >= 11 is 0. The first-order chi connectivity index (χ1) is 8.61. The fraction of sp³-hybridized carbons (Fsp3) is 0.533. The van der Waals surface area contributed by atoms with Crippen molar-refractivity contribution in [1.29, 1.82) is 0 Å². The predicted octanol–water partition coefficient (Wildman–Crippen LogP) is 2.97. The number of hydrogen-bond acceptors (Lipinski definition) is 2. The monoisotopic (exact) mass is 245 g/mol. The van der Waals surface area contributed by atoms with E-state index in [1.165, 1.54) is 5.52 Å². The Balaban J connectivity index is 2.27. The summed E-state index contributed by atoms with van der Waals surface area (Å²) in [4.78, 5) is 4.71. The molecular weight excluding hydrogens is 222 g/mol. The van der Waals surface area contributed by atoms with Gasteiger partial charge in [0.2, 0.25) is 0 Å². The zero-order valence-electron chi connectivity index (χ0n) is 11.6. The minimum absolute atomic E-state index is 0.201. The van der Waals surface area contributed by atoms with Gasteiger partial charge >= 0.3 is 0 Å². The molecule has 0 fully saturated rings. The van der Waals surface area contributed by atoms with Gasteiger partial charge in [-0.1, -0.05) is 26.0 Å². The van der Waals surface area contributed by atoms with E-state index < -0.39 is 0 Å². The predicted molar refractivity (Wildman–Crippen MR) is 76.5 cm³/mol. The summed E-state index contributed by atoms with van der Waals surface area (Å²) in [7, 11) is 0. The fourth-order valence-electron chi connectivity index (χ4n) is 2.56. The number of benzene rings is 1. The molecule has 0 aliphatic carbocycles. The fourth-order valence-corrected chi connectivity index (χ4v) is 2.56. The normalized spacial score (nSPS) is 13.4. The van der Waals surface area contributed by atoms with E-state index >= 15 is 0 Å². The van der Waals surface area contributed by atoms with E-state index in [4.69, 9.17) is 10.7 Å². The third-order valence-corrected chi connectivity index (χ3v) is 3.27. The summed E-state index contributed by atoms with van der Waals surface area (Å²) in [6.45, 7) is 7.53. The van der Waals surface area contributed by atoms with Crippen LogP contribution >= 0.6 is 0 Å². The summed E-state index contributed by atoms with van der Waals surface area (Å²) in [5.74, 6) is 1.76. The van der Waals surface area contributed by atoms with Crippen LogP contribution in [0.4, 0.5) is 0 Å². The zero-order chi connectivity index (χ0) is 13.1. The lowest BCUT2D eigenvalue weighted by atomic mass is 10.0. The van der Waals surface area contributed by atoms with Crippen molar-refractivity contribution in [3.8, 4) is 0 Å². The van der Waals surface area contributed by atoms with Crippen LogP contribution in [0.25, 0.3) is 11.0 Å². The van der Waals surface area contributed by atoms with Gasteiger partial charge in [0.05, 0.1) is 11.0 Å². The van der Waals surface area contributed by atoms with Crippen LogP contribution < -0.4 is 5.73 Å². The molecule has 1 heterocycles. The van der Waals surface area contributed by atoms with Crippen molar-refractivity contribution < 1.29 is 0 Å². The summed E-state index contributed by atoms with van der Waals surface area (Å²) in [6.07, 6.45) is 1.91. The smallest absolute Gasteiger partial charge is 0.111 e. The summed E-state index contributed by atoms with van der Waals surface area (Å²) in [6, 6.07) is 8.50. The van der Waals surface area contributed by atoms with Gasteiger partial charge in [-0.2, -0.15) is 0 Å². The average Bonchev–Trinajstić information content (AvgIpc) is 2.64. The van der Waals surface area contributed by atoms with E-state index in [1.807, 2.05) is 6.07 Å². The number of nitrogens with two attached hydrogens (primary N) is 1. The van der Waals surface area contributed by atoms with Crippen molar-refractivity contribution in [3.05, 3.63) is 30.1 Å². The van der Waals surface area contributed by atoms with Gasteiger partial charge < -0.3 is 10.3 Å². The molecule has 18 heavy (non-hydrogen) atoms. The van der Waals surface area contributed by atoms with Crippen molar-refractivity contribution in [2.75, 3.05) is 0 Å². The summed E-state index contributed by atoms with van der Waals surface area (Å²) in [5.41, 5.74) is 8.49. The van der Waals surface area contributed by atoms with Crippen molar-refractivity contribution in [3.63, 3.8) is 0 Å². The van der Waals surface area contributed by atoms with Crippen molar-refractivity contribution in [2.45, 2.75) is 46.2 Å². The van der Waals surface area contributed by atoms with E-state index in [1.54, 1.807) is 0 Å². The van der Waals surface area contributed by atoms with Crippen LogP contribution in [0.2, 0.25) is 0 Å². The number of para-hydroxylation sites is 2. The topological polar surface area (TPSA) is 43.8 Å². The third kappa shape index (κ3) is 2.72. The summed E-state index contributed by atoms with van der Waals surface area (Å²) < 4.78 is 2.27. The van der Waals surface area contributed by atoms with Crippen LogP contribution in [-0.2, 0) is 13.0 Å². The van der Waals surface area contributed by atoms with Gasteiger partial charge in [-0.25, -0.2) is 4.98 Å². The minimum Gasteiger partial charge on any atom is -0.328 e. The van der Waals surface area contributed by atoms with E-state index in [2.05, 4.69) is 43.5 Å². The van der Waals surface area contributed by atoms with Crippen molar-refractivity contribution in [1.82, 2.24) is 9.55 Å². The highest BCUT2D eigenvalue weighted by atomic mass is 15.1. The molecule has 0 aliphatic heterocycles. The first-order valence-electron chi connectivity index (χ1n) is 6.81. The SMILES string of the molecule is CCn1c(CC(N)CC(C)C)nc2ccccc21. The molecule has 98 valence electrons. The lowest BCUT2D eigenvalue weighted by Gasteiger charge is -2.14. The van der Waals surface area contributed by atoms with Gasteiger partial charge in [0.15, 0.2) is 0 Å². The Labute approximate surface area is 109 Å². The van der Waals surface area contributed by atoms with Gasteiger partial charge in [-0.3, -0.25) is 0 Å². The lowest BCUT2D eigenvalue weighted by Crippen LogP contribution is -2.26. The van der Waals surface area contributed by atoms with Gasteiger partial charge in [-0.05, 0) is 31.4 Å². The molecule has 0 amide bonds. The van der Waals surface area contributed by atoms with E-state index in [9.17, 15) is 0 Å². The second-order valence-corrected chi connectivity index (χ2v) is 5.35. The molecule has 1 aromatic heterocycles. The van der Waals surface area contributed by atoms with E-state index in [0.29, 0.717) is 5.92 Å². The molecule has 3 heteroatoms. The molecule has 1 aromatic carbocycles. The quantitative estimate of drug-likeness (QED) is 0.880. The van der Waals surface area contributed by atoms with Gasteiger partial charge in [0, 0.05) is 19.0 Å². The van der Waals surface area contributed by atoms with Crippen LogP contribution in [0.3, 0.4) is 0 Å². The molecule has 0 saturated heterocycles. The highest BCUT2D eigenvalue weighted by molar-refractivity contribution is 5.75. The van der Waals surface area contributed by atoms with E-state index in [-0.39, 0.29) is 6.04 Å². The standard InChI is InChI=1S/C15H23N3/c1-4-18-14-8-6-5-7-13(14)17-15(18)10-12(16)9-11(2)3/h5-8,11-12H,4,9-10,16H2,1-3H3. The van der Waals surface area contributed by atoms with Crippen LogP contribution in [0.15, 0.2) is 24.3 Å². The molecule has 0 saturated carbocycles. The number of hydrogen-bond donors (Lipinski definition) is 1. The van der Waals surface area contributed by atoms with Crippen LogP contribution in [0.1, 0.15) is 33.0 Å². The summed E-state index contributed by atoms with van der Waals surface area (Å²) in [5, 5.41) is 0. The molecule has 2 N–H and O–H groups in total. The molecule has 0 aliphatic rings. The first-order valence-corrected chi connectivity index (χ1v) is 6.81. The Morgan fingerprint density at radius 3 is 2.67 bits per heavy atom. The van der Waals surface area contributed by atoms with Gasteiger partial charge in [-0.15, -0.1) is 0 Å². The Morgan fingerprint density at radius 2 is 2.00 bits per heavy atom.